The minimum atomic E-state index is 0.871. The van der Waals surface area contributed by atoms with Crippen LogP contribution in [0.25, 0.3) is 6.08 Å². The normalized spacial score (nSPS) is 18.4. The molecule has 1 nitrogen and oxygen atoms in total. The molecule has 0 bridgehead atoms. The molecule has 1 heterocycles. The number of para-hydroxylation sites is 1. The first kappa shape index (κ1) is 6.62. The quantitative estimate of drug-likeness (QED) is 0.492. The van der Waals surface area contributed by atoms with Gasteiger partial charge in [0.1, 0.15) is 11.9 Å². The molecule has 11 heavy (non-hydrogen) atoms. The number of hydrogen-bond donors (Lipinski definition) is 0. The number of benzene rings is 1. The van der Waals surface area contributed by atoms with Crippen LogP contribution in [0.5, 0.6) is 0 Å². The Morgan fingerprint density at radius 1 is 1.09 bits per heavy atom. The SMILES string of the molecule is C[N+]1(C)C=Cc2ccccc21. The van der Waals surface area contributed by atoms with Crippen molar-refractivity contribution in [1.29, 1.82) is 0 Å². The van der Waals surface area contributed by atoms with Gasteiger partial charge in [-0.25, -0.2) is 0 Å². The monoisotopic (exact) mass is 146 g/mol. The van der Waals surface area contributed by atoms with E-state index in [9.17, 15) is 0 Å². The second-order valence-corrected chi connectivity index (χ2v) is 3.41. The lowest BCUT2D eigenvalue weighted by Crippen LogP contribution is -2.31. The molecule has 1 aliphatic rings. The Labute approximate surface area is 67.2 Å². The highest BCUT2D eigenvalue weighted by molar-refractivity contribution is 5.72. The molecule has 0 atom stereocenters. The van der Waals surface area contributed by atoms with Crippen molar-refractivity contribution in [1.82, 2.24) is 4.48 Å². The summed E-state index contributed by atoms with van der Waals surface area (Å²) in [5.74, 6) is 0. The number of rotatable bonds is 0. The van der Waals surface area contributed by atoms with E-state index in [1.165, 1.54) is 11.3 Å². The predicted molar refractivity (Wildman–Crippen MR) is 49.1 cm³/mol. The fourth-order valence-corrected chi connectivity index (χ4v) is 1.50. The third-order valence-corrected chi connectivity index (χ3v) is 2.18. The summed E-state index contributed by atoms with van der Waals surface area (Å²) in [5, 5.41) is 0. The molecule has 0 saturated heterocycles. The summed E-state index contributed by atoms with van der Waals surface area (Å²) in [6.07, 6.45) is 4.38. The molecule has 0 spiro atoms. The van der Waals surface area contributed by atoms with Crippen molar-refractivity contribution in [3.05, 3.63) is 36.0 Å². The molecule has 0 aromatic heterocycles. The zero-order valence-corrected chi connectivity index (χ0v) is 6.91. The second kappa shape index (κ2) is 1.95. The molecular weight excluding hydrogens is 134 g/mol. The van der Waals surface area contributed by atoms with Crippen molar-refractivity contribution in [2.75, 3.05) is 14.1 Å². The van der Waals surface area contributed by atoms with Crippen molar-refractivity contribution < 1.29 is 0 Å². The Morgan fingerprint density at radius 3 is 2.55 bits per heavy atom. The van der Waals surface area contributed by atoms with Crippen LogP contribution < -0.4 is 4.48 Å². The summed E-state index contributed by atoms with van der Waals surface area (Å²) in [5.41, 5.74) is 2.73. The van der Waals surface area contributed by atoms with Crippen molar-refractivity contribution in [2.45, 2.75) is 0 Å². The Balaban J connectivity index is 2.64. The van der Waals surface area contributed by atoms with Gasteiger partial charge in [0.05, 0.1) is 14.1 Å². The van der Waals surface area contributed by atoms with Gasteiger partial charge in [-0.15, -0.1) is 0 Å². The highest BCUT2D eigenvalue weighted by atomic mass is 15.3. The third-order valence-electron chi connectivity index (χ3n) is 2.18. The fraction of sp³-hybridized carbons (Fsp3) is 0.200. The molecular formula is C10H12N+. The van der Waals surface area contributed by atoms with Crippen molar-refractivity contribution in [3.8, 4) is 0 Å². The lowest BCUT2D eigenvalue weighted by Gasteiger charge is -2.20. The van der Waals surface area contributed by atoms with Gasteiger partial charge in [0.2, 0.25) is 0 Å². The van der Waals surface area contributed by atoms with Gasteiger partial charge in [-0.3, -0.25) is 4.48 Å². The van der Waals surface area contributed by atoms with E-state index in [1.807, 2.05) is 0 Å². The minimum absolute atomic E-state index is 0.871. The van der Waals surface area contributed by atoms with Crippen molar-refractivity contribution >= 4 is 11.8 Å². The maximum absolute atomic E-state index is 2.20. The van der Waals surface area contributed by atoms with Crippen LogP contribution in [-0.2, 0) is 0 Å². The van der Waals surface area contributed by atoms with Crippen LogP contribution in [0.4, 0.5) is 5.69 Å². The molecule has 0 saturated carbocycles. The van der Waals surface area contributed by atoms with Crippen LogP contribution in [-0.4, -0.2) is 14.1 Å². The standard InChI is InChI=1S/C10H12N/c1-11(2)8-7-9-5-3-4-6-10(9)11/h3-8H,1-2H3/q+1. The van der Waals surface area contributed by atoms with Gasteiger partial charge in [-0.1, -0.05) is 12.1 Å². The van der Waals surface area contributed by atoms with Crippen LogP contribution in [0.3, 0.4) is 0 Å². The molecule has 0 radical (unpaired) electrons. The first-order valence-electron chi connectivity index (χ1n) is 3.83. The summed E-state index contributed by atoms with van der Waals surface area (Å²) >= 11 is 0. The van der Waals surface area contributed by atoms with Gasteiger partial charge in [-0.2, -0.15) is 0 Å². The number of nitrogens with zero attached hydrogens (tertiary/aromatic N) is 1. The van der Waals surface area contributed by atoms with E-state index in [0.29, 0.717) is 0 Å². The highest BCUT2D eigenvalue weighted by Gasteiger charge is 2.23. The average molecular weight is 146 g/mol. The fourth-order valence-electron chi connectivity index (χ4n) is 1.50. The number of quaternary nitrogens is 1. The Morgan fingerprint density at radius 2 is 1.82 bits per heavy atom. The largest absolute Gasteiger partial charge is 0.269 e. The molecule has 2 rings (SSSR count). The Bertz CT molecular complexity index is 310. The molecule has 0 fully saturated rings. The van der Waals surface area contributed by atoms with E-state index in [2.05, 4.69) is 50.6 Å². The molecule has 1 aromatic rings. The average Bonchev–Trinajstić information content (AvgIpc) is 2.29. The van der Waals surface area contributed by atoms with Crippen LogP contribution in [0, 0.1) is 0 Å². The maximum Gasteiger partial charge on any atom is 0.144 e. The number of fused-ring (bicyclic) bond motifs is 1. The predicted octanol–water partition coefficient (Wildman–Crippen LogP) is 2.24. The number of hydrogen-bond acceptors (Lipinski definition) is 0. The van der Waals surface area contributed by atoms with Crippen molar-refractivity contribution in [2.24, 2.45) is 0 Å². The molecule has 1 aliphatic heterocycles. The van der Waals surface area contributed by atoms with E-state index in [0.717, 1.165) is 4.48 Å². The van der Waals surface area contributed by atoms with E-state index in [4.69, 9.17) is 0 Å². The molecule has 1 aromatic carbocycles. The van der Waals surface area contributed by atoms with E-state index < -0.39 is 0 Å². The van der Waals surface area contributed by atoms with E-state index in [-0.39, 0.29) is 0 Å². The van der Waals surface area contributed by atoms with Gasteiger partial charge in [0.15, 0.2) is 0 Å². The Hall–Kier alpha value is -1.08. The van der Waals surface area contributed by atoms with Gasteiger partial charge < -0.3 is 0 Å². The summed E-state index contributed by atoms with van der Waals surface area (Å²) in [4.78, 5) is 0. The van der Waals surface area contributed by atoms with Crippen molar-refractivity contribution in [3.63, 3.8) is 0 Å². The molecule has 0 N–H and O–H groups in total. The van der Waals surface area contributed by atoms with Crippen LogP contribution in [0.1, 0.15) is 5.56 Å². The van der Waals surface area contributed by atoms with Gasteiger partial charge in [-0.05, 0) is 6.07 Å². The zero-order chi connectivity index (χ0) is 7.90. The van der Waals surface area contributed by atoms with E-state index in [1.54, 1.807) is 0 Å². The smallest absolute Gasteiger partial charge is 0.144 e. The van der Waals surface area contributed by atoms with Gasteiger partial charge in [0.25, 0.3) is 0 Å². The molecule has 0 amide bonds. The molecule has 0 unspecified atom stereocenters. The lowest BCUT2D eigenvalue weighted by atomic mass is 10.2. The van der Waals surface area contributed by atoms with Gasteiger partial charge >= 0.3 is 0 Å². The minimum Gasteiger partial charge on any atom is -0.269 e. The molecule has 56 valence electrons. The lowest BCUT2D eigenvalue weighted by molar-refractivity contribution is 0.551. The molecule has 0 aliphatic carbocycles. The van der Waals surface area contributed by atoms with E-state index >= 15 is 0 Å². The van der Waals surface area contributed by atoms with Crippen LogP contribution in [0.15, 0.2) is 30.5 Å². The Kier molecular flexibility index (Phi) is 1.18. The van der Waals surface area contributed by atoms with Crippen LogP contribution in [0.2, 0.25) is 0 Å². The summed E-state index contributed by atoms with van der Waals surface area (Å²) in [7, 11) is 4.37. The maximum atomic E-state index is 2.20. The second-order valence-electron chi connectivity index (χ2n) is 3.41. The first-order valence-corrected chi connectivity index (χ1v) is 3.83. The topological polar surface area (TPSA) is 0 Å². The summed E-state index contributed by atoms with van der Waals surface area (Å²) in [6.45, 7) is 0. The van der Waals surface area contributed by atoms with Gasteiger partial charge in [0, 0.05) is 17.7 Å². The molecule has 1 heteroatoms. The highest BCUT2D eigenvalue weighted by Crippen LogP contribution is 2.31. The summed E-state index contributed by atoms with van der Waals surface area (Å²) in [6, 6.07) is 8.49. The summed E-state index contributed by atoms with van der Waals surface area (Å²) < 4.78 is 0.871. The van der Waals surface area contributed by atoms with Crippen LogP contribution >= 0.6 is 0 Å². The third kappa shape index (κ3) is 0.889. The zero-order valence-electron chi connectivity index (χ0n) is 6.91. The first-order chi connectivity index (χ1) is 5.20.